The second-order valence-corrected chi connectivity index (χ2v) is 1.60. The Balaban J connectivity index is 0.000000490. The van der Waals surface area contributed by atoms with Crippen molar-refractivity contribution in [3.63, 3.8) is 0 Å². The zero-order chi connectivity index (χ0) is 5.28. The molecule has 0 atom stereocenters. The molecule has 1 rings (SSSR count). The smallest absolute Gasteiger partial charge is 0 e. The van der Waals surface area contributed by atoms with E-state index < -0.39 is 0 Å². The van der Waals surface area contributed by atoms with E-state index in [-0.39, 0.29) is 18.6 Å². The number of aryl methyl sites for hydroxylation is 2. The quantitative estimate of drug-likeness (QED) is 0.507. The van der Waals surface area contributed by atoms with Crippen LogP contribution in [0.2, 0.25) is 0 Å². The summed E-state index contributed by atoms with van der Waals surface area (Å²) < 4.78 is 4.91. The molecule has 1 aromatic heterocycles. The number of hydrogen-bond acceptors (Lipinski definition) is 1. The minimum absolute atomic E-state index is 0. The Morgan fingerprint density at radius 3 is 2.25 bits per heavy atom. The van der Waals surface area contributed by atoms with Crippen LogP contribution in [0.25, 0.3) is 0 Å². The van der Waals surface area contributed by atoms with Gasteiger partial charge in [0.15, 0.2) is 0 Å². The molecule has 0 amide bonds. The molecule has 0 unspecified atom stereocenters. The third-order valence-electron chi connectivity index (χ3n) is 0.786. The van der Waals surface area contributed by atoms with Gasteiger partial charge in [0.25, 0.3) is 0 Å². The molecule has 0 saturated carbocycles. The van der Waals surface area contributed by atoms with Gasteiger partial charge in [-0.15, -0.1) is 0 Å². The molecule has 8 heavy (non-hydrogen) atoms. The van der Waals surface area contributed by atoms with Gasteiger partial charge in [-0.3, -0.25) is 0 Å². The van der Waals surface area contributed by atoms with Crippen LogP contribution in [0.1, 0.15) is 11.3 Å². The van der Waals surface area contributed by atoms with E-state index in [0.717, 1.165) is 11.3 Å². The van der Waals surface area contributed by atoms with E-state index in [1.165, 1.54) is 0 Å². The van der Waals surface area contributed by atoms with Gasteiger partial charge in [-0.1, -0.05) is 13.2 Å². The van der Waals surface area contributed by atoms with Gasteiger partial charge in [0.1, 0.15) is 0 Å². The molecule has 0 aromatic carbocycles. The van der Waals surface area contributed by atoms with E-state index in [1.54, 1.807) is 6.26 Å². The van der Waals surface area contributed by atoms with Crippen molar-refractivity contribution in [2.24, 2.45) is 0 Å². The molecule has 0 saturated heterocycles. The van der Waals surface area contributed by atoms with Gasteiger partial charge in [-0.2, -0.15) is 5.56 Å². The van der Waals surface area contributed by atoms with E-state index in [1.807, 2.05) is 13.8 Å². The summed E-state index contributed by atoms with van der Waals surface area (Å²) in [6, 6.07) is 2.97. The molecule has 43 valence electrons. The SMILES string of the molecule is Cc1[c-]c(C)oc1.[V]. The second-order valence-electron chi connectivity index (χ2n) is 1.60. The first-order valence-electron chi connectivity index (χ1n) is 2.23. The van der Waals surface area contributed by atoms with Crippen molar-refractivity contribution in [2.75, 3.05) is 0 Å². The van der Waals surface area contributed by atoms with Crippen molar-refractivity contribution in [2.45, 2.75) is 13.8 Å². The largest absolute Gasteiger partial charge is 0.573 e. The molecule has 0 spiro atoms. The first kappa shape index (κ1) is 7.86. The number of furan rings is 1. The van der Waals surface area contributed by atoms with Crippen molar-refractivity contribution < 1.29 is 23.0 Å². The summed E-state index contributed by atoms with van der Waals surface area (Å²) in [7, 11) is 0. The molecule has 2 heteroatoms. The third kappa shape index (κ3) is 1.77. The normalized spacial score (nSPS) is 8.25. The van der Waals surface area contributed by atoms with Crippen molar-refractivity contribution >= 4 is 0 Å². The number of hydrogen-bond donors (Lipinski definition) is 0. The molecule has 0 bridgehead atoms. The Kier molecular flexibility index (Phi) is 2.95. The fraction of sp³-hybridized carbons (Fsp3) is 0.333. The van der Waals surface area contributed by atoms with E-state index in [0.29, 0.717) is 0 Å². The van der Waals surface area contributed by atoms with Gasteiger partial charge in [0, 0.05) is 18.6 Å². The van der Waals surface area contributed by atoms with Crippen LogP contribution in [-0.4, -0.2) is 0 Å². The second kappa shape index (κ2) is 3.00. The summed E-state index contributed by atoms with van der Waals surface area (Å²) in [5, 5.41) is 0. The van der Waals surface area contributed by atoms with Gasteiger partial charge in [-0.25, -0.2) is 6.07 Å². The molecule has 1 radical (unpaired) electrons. The first-order chi connectivity index (χ1) is 3.29. The average Bonchev–Trinajstić information content (AvgIpc) is 1.87. The molecule has 0 aliphatic carbocycles. The molecular weight excluding hydrogens is 139 g/mol. The van der Waals surface area contributed by atoms with Gasteiger partial charge >= 0.3 is 0 Å². The summed E-state index contributed by atoms with van der Waals surface area (Å²) in [6.45, 7) is 3.84. The van der Waals surface area contributed by atoms with Crippen molar-refractivity contribution in [3.05, 3.63) is 23.7 Å². The minimum atomic E-state index is 0. The maximum atomic E-state index is 4.91. The molecule has 1 heterocycles. The summed E-state index contributed by atoms with van der Waals surface area (Å²) >= 11 is 0. The summed E-state index contributed by atoms with van der Waals surface area (Å²) in [6.07, 6.45) is 1.69. The Morgan fingerprint density at radius 1 is 1.50 bits per heavy atom. The van der Waals surface area contributed by atoms with Crippen LogP contribution in [0.15, 0.2) is 10.7 Å². The van der Waals surface area contributed by atoms with E-state index in [4.69, 9.17) is 4.42 Å². The van der Waals surface area contributed by atoms with E-state index >= 15 is 0 Å². The van der Waals surface area contributed by atoms with E-state index in [9.17, 15) is 0 Å². The van der Waals surface area contributed by atoms with Crippen molar-refractivity contribution in [1.82, 2.24) is 0 Å². The monoisotopic (exact) mass is 146 g/mol. The van der Waals surface area contributed by atoms with Crippen molar-refractivity contribution in [3.8, 4) is 0 Å². The van der Waals surface area contributed by atoms with Gasteiger partial charge in [0.05, 0.1) is 0 Å². The Bertz CT molecular complexity index is 141. The molecule has 1 aromatic rings. The van der Waals surface area contributed by atoms with Crippen LogP contribution in [0.3, 0.4) is 0 Å². The Hall–Kier alpha value is -0.136. The molecule has 1 nitrogen and oxygen atoms in total. The number of rotatable bonds is 0. The maximum Gasteiger partial charge on any atom is 0 e. The molecular formula is C6H7OV-. The van der Waals surface area contributed by atoms with Crippen LogP contribution in [-0.2, 0) is 18.6 Å². The predicted molar refractivity (Wildman–Crippen MR) is 27.0 cm³/mol. The van der Waals surface area contributed by atoms with Crippen molar-refractivity contribution in [1.29, 1.82) is 0 Å². The van der Waals surface area contributed by atoms with Crippen LogP contribution in [0.5, 0.6) is 0 Å². The summed E-state index contributed by atoms with van der Waals surface area (Å²) in [5.41, 5.74) is 1.07. The van der Waals surface area contributed by atoms with Gasteiger partial charge in [-0.05, 0) is 12.7 Å². The minimum Gasteiger partial charge on any atom is -0.573 e. The zero-order valence-corrected chi connectivity index (χ0v) is 6.33. The summed E-state index contributed by atoms with van der Waals surface area (Å²) in [5.74, 6) is 0.859. The van der Waals surface area contributed by atoms with Gasteiger partial charge < -0.3 is 4.42 Å². The molecule has 0 aliphatic heterocycles. The molecule has 0 N–H and O–H groups in total. The van der Waals surface area contributed by atoms with Crippen LogP contribution >= 0.6 is 0 Å². The third-order valence-corrected chi connectivity index (χ3v) is 0.786. The standard InChI is InChI=1S/C6H7O.V/c1-5-3-6(2)7-4-5;/h4H,1-2H3;/q-1;. The van der Waals surface area contributed by atoms with Crippen LogP contribution in [0.4, 0.5) is 0 Å². The maximum absolute atomic E-state index is 4.91. The van der Waals surface area contributed by atoms with Crippen LogP contribution in [0, 0.1) is 19.9 Å². The Morgan fingerprint density at radius 2 is 2.12 bits per heavy atom. The fourth-order valence-corrected chi connectivity index (χ4v) is 0.513. The van der Waals surface area contributed by atoms with Crippen LogP contribution < -0.4 is 0 Å². The zero-order valence-electron chi connectivity index (χ0n) is 4.93. The first-order valence-corrected chi connectivity index (χ1v) is 2.23. The summed E-state index contributed by atoms with van der Waals surface area (Å²) in [4.78, 5) is 0. The van der Waals surface area contributed by atoms with Gasteiger partial charge in [0.2, 0.25) is 0 Å². The molecule has 0 aliphatic rings. The fourth-order valence-electron chi connectivity index (χ4n) is 0.513. The average molecular weight is 146 g/mol. The molecule has 0 fully saturated rings. The predicted octanol–water partition coefficient (Wildman–Crippen LogP) is 1.69. The van der Waals surface area contributed by atoms with E-state index in [2.05, 4.69) is 6.07 Å². The Labute approximate surface area is 61.0 Å². The topological polar surface area (TPSA) is 13.1 Å².